The van der Waals surface area contributed by atoms with Crippen molar-refractivity contribution in [1.82, 2.24) is 4.90 Å². The average molecular weight is 532 g/mol. The highest BCUT2D eigenvalue weighted by Gasteiger charge is 2.34. The van der Waals surface area contributed by atoms with Crippen molar-refractivity contribution >= 4 is 11.6 Å². The minimum Gasteiger partial charge on any atom is -0.493 e. The van der Waals surface area contributed by atoms with Gasteiger partial charge in [-0.15, -0.1) is 0 Å². The monoisotopic (exact) mass is 531 g/mol. The molecule has 0 saturated carbocycles. The Bertz CT molecular complexity index is 1300. The lowest BCUT2D eigenvalue weighted by Crippen LogP contribution is -2.55. The topological polar surface area (TPSA) is 21.7 Å². The van der Waals surface area contributed by atoms with Crippen molar-refractivity contribution in [2.24, 2.45) is 0 Å². The molecule has 0 bridgehead atoms. The van der Waals surface area contributed by atoms with Gasteiger partial charge in [0.25, 0.3) is 0 Å². The number of nitrogens with zero attached hydrogens (tertiary/aromatic N) is 1. The normalized spacial score (nSPS) is 18.2. The van der Waals surface area contributed by atoms with Crippen LogP contribution in [0.4, 0.5) is 0 Å². The molecule has 2 aliphatic rings. The third-order valence-electron chi connectivity index (χ3n) is 8.65. The molecule has 0 N–H and O–H groups in total. The molecule has 3 nitrogen and oxygen atoms in total. The summed E-state index contributed by atoms with van der Waals surface area (Å²) in [6.07, 6.45) is 6.47. The number of likely N-dealkylation sites (tertiary alicyclic amines) is 1. The fraction of sp³-hybridized carbons (Fsp3) is 0.471. The summed E-state index contributed by atoms with van der Waals surface area (Å²) in [4.78, 5) is 2.56. The first kappa shape index (κ1) is 27.1. The Morgan fingerprint density at radius 3 is 2.55 bits per heavy atom. The van der Waals surface area contributed by atoms with Crippen LogP contribution < -0.4 is 9.47 Å². The van der Waals surface area contributed by atoms with E-state index >= 15 is 0 Å². The maximum Gasteiger partial charge on any atom is 0.139 e. The van der Waals surface area contributed by atoms with Gasteiger partial charge in [0.1, 0.15) is 17.6 Å². The maximum atomic E-state index is 6.63. The summed E-state index contributed by atoms with van der Waals surface area (Å²) in [5.41, 5.74) is 9.32. The minimum absolute atomic E-state index is 0.0186. The molecule has 1 saturated heterocycles. The summed E-state index contributed by atoms with van der Waals surface area (Å²) in [5.74, 6) is 1.79. The molecular weight excluding hydrogens is 490 g/mol. The number of ether oxygens (including phenoxy) is 2. The van der Waals surface area contributed by atoms with E-state index in [4.69, 9.17) is 21.1 Å². The number of hydrogen-bond donors (Lipinski definition) is 0. The van der Waals surface area contributed by atoms with Crippen molar-refractivity contribution in [2.45, 2.75) is 84.8 Å². The molecule has 202 valence electrons. The second-order valence-electron chi connectivity index (χ2n) is 11.7. The van der Waals surface area contributed by atoms with Crippen LogP contribution in [0.3, 0.4) is 0 Å². The first-order valence-electron chi connectivity index (χ1n) is 14.3. The second-order valence-corrected chi connectivity index (χ2v) is 12.1. The van der Waals surface area contributed by atoms with Gasteiger partial charge in [0.15, 0.2) is 0 Å². The highest BCUT2D eigenvalue weighted by molar-refractivity contribution is 6.32. The molecule has 0 amide bonds. The molecule has 3 aromatic carbocycles. The van der Waals surface area contributed by atoms with E-state index in [-0.39, 0.29) is 6.10 Å². The van der Waals surface area contributed by atoms with Crippen LogP contribution in [0.5, 0.6) is 11.5 Å². The average Bonchev–Trinajstić information content (AvgIpc) is 3.30. The Kier molecular flexibility index (Phi) is 8.07. The number of fused-ring (bicyclic) bond motifs is 1. The van der Waals surface area contributed by atoms with Gasteiger partial charge >= 0.3 is 0 Å². The molecule has 4 heteroatoms. The number of hydrogen-bond acceptors (Lipinski definition) is 3. The van der Waals surface area contributed by atoms with E-state index in [9.17, 15) is 0 Å². The Morgan fingerprint density at radius 2 is 1.82 bits per heavy atom. The molecule has 5 rings (SSSR count). The molecule has 1 aliphatic heterocycles. The van der Waals surface area contributed by atoms with Gasteiger partial charge in [-0.25, -0.2) is 0 Å². The lowest BCUT2D eigenvalue weighted by molar-refractivity contribution is 0.0123. The number of halogens is 1. The van der Waals surface area contributed by atoms with Crippen LogP contribution in [0.1, 0.15) is 80.4 Å². The van der Waals surface area contributed by atoms with Crippen LogP contribution in [0, 0.1) is 13.8 Å². The van der Waals surface area contributed by atoms with Crippen LogP contribution in [-0.2, 0) is 12.8 Å². The fourth-order valence-corrected chi connectivity index (χ4v) is 6.36. The molecular formula is C34H42ClNO2. The molecule has 38 heavy (non-hydrogen) atoms. The Labute approximate surface area is 234 Å². The van der Waals surface area contributed by atoms with E-state index in [1.165, 1.54) is 51.9 Å². The molecule has 3 aromatic rings. The molecule has 0 spiro atoms. The van der Waals surface area contributed by atoms with Crippen molar-refractivity contribution in [2.75, 3.05) is 19.7 Å². The second kappa shape index (κ2) is 11.3. The zero-order chi connectivity index (χ0) is 26.9. The molecule has 1 fully saturated rings. The molecule has 0 aromatic heterocycles. The van der Waals surface area contributed by atoms with Crippen molar-refractivity contribution in [1.29, 1.82) is 0 Å². The molecule has 1 aliphatic carbocycles. The number of rotatable bonds is 10. The van der Waals surface area contributed by atoms with E-state index in [2.05, 4.69) is 82.0 Å². The molecule has 1 atom stereocenters. The lowest BCUT2D eigenvalue weighted by atomic mass is 9.89. The van der Waals surface area contributed by atoms with Crippen LogP contribution in [-0.4, -0.2) is 30.1 Å². The predicted octanol–water partition coefficient (Wildman–Crippen LogP) is 8.90. The van der Waals surface area contributed by atoms with Gasteiger partial charge < -0.3 is 9.47 Å². The first-order valence-corrected chi connectivity index (χ1v) is 14.7. The first-order chi connectivity index (χ1) is 18.3. The third kappa shape index (κ3) is 5.46. The zero-order valence-electron chi connectivity index (χ0n) is 23.7. The van der Waals surface area contributed by atoms with Crippen molar-refractivity contribution in [3.05, 3.63) is 81.4 Å². The zero-order valence-corrected chi connectivity index (χ0v) is 24.5. The Hall–Kier alpha value is -2.49. The van der Waals surface area contributed by atoms with E-state index in [0.717, 1.165) is 56.8 Å². The van der Waals surface area contributed by atoms with Crippen LogP contribution in [0.25, 0.3) is 11.1 Å². The van der Waals surface area contributed by atoms with Gasteiger partial charge in [-0.3, -0.25) is 4.90 Å². The summed E-state index contributed by atoms with van der Waals surface area (Å²) < 4.78 is 12.9. The van der Waals surface area contributed by atoms with Crippen LogP contribution in [0.15, 0.2) is 48.5 Å². The highest BCUT2D eigenvalue weighted by atomic mass is 35.5. The summed E-state index contributed by atoms with van der Waals surface area (Å²) in [6, 6.07) is 17.3. The molecule has 1 heterocycles. The minimum atomic E-state index is 0.0186. The van der Waals surface area contributed by atoms with Crippen molar-refractivity contribution in [3.8, 4) is 22.6 Å². The van der Waals surface area contributed by atoms with Crippen molar-refractivity contribution < 1.29 is 9.47 Å². The lowest BCUT2D eigenvalue weighted by Gasteiger charge is -2.48. The quantitative estimate of drug-likeness (QED) is 0.244. The Balaban J connectivity index is 1.32. The highest BCUT2D eigenvalue weighted by Crippen LogP contribution is 2.43. The van der Waals surface area contributed by atoms with Crippen LogP contribution in [0.2, 0.25) is 5.02 Å². The summed E-state index contributed by atoms with van der Waals surface area (Å²) in [6.45, 7) is 14.2. The van der Waals surface area contributed by atoms with Gasteiger partial charge in [-0.2, -0.15) is 0 Å². The molecule has 0 unspecified atom stereocenters. The van der Waals surface area contributed by atoms with E-state index in [1.54, 1.807) is 0 Å². The van der Waals surface area contributed by atoms with Gasteiger partial charge in [-0.05, 0) is 117 Å². The standard InChI is InChI=1S/C34H42ClNO2/c1-6-10-25-22-33(30(35)21-23(25)2)38-32-16-15-28-27(12-7-13-29(28)32)26-11-8-14-31(24(26)3)37-20-9-18-36-19-17-34(36,4)5/h7-8,11-14,21-22,32H,6,9-10,15-20H2,1-5H3/t32-/m0/s1. The predicted molar refractivity (Wildman–Crippen MR) is 159 cm³/mol. The maximum absolute atomic E-state index is 6.63. The Morgan fingerprint density at radius 1 is 1.03 bits per heavy atom. The van der Waals surface area contributed by atoms with Crippen molar-refractivity contribution in [3.63, 3.8) is 0 Å². The number of aryl methyl sites for hydroxylation is 2. The molecule has 0 radical (unpaired) electrons. The SMILES string of the molecule is CCCc1cc(O[C@H]2CCc3c(-c4cccc(OCCCN5CCC5(C)C)c4C)cccc32)c(Cl)cc1C. The summed E-state index contributed by atoms with van der Waals surface area (Å²) in [5, 5.41) is 0.699. The van der Waals surface area contributed by atoms with Gasteiger partial charge in [0, 0.05) is 18.6 Å². The van der Waals surface area contributed by atoms with E-state index in [1.807, 2.05) is 6.07 Å². The van der Waals surface area contributed by atoms with E-state index < -0.39 is 0 Å². The van der Waals surface area contributed by atoms with Gasteiger partial charge in [-0.1, -0.05) is 55.3 Å². The third-order valence-corrected chi connectivity index (χ3v) is 8.94. The summed E-state index contributed by atoms with van der Waals surface area (Å²) >= 11 is 6.63. The van der Waals surface area contributed by atoms with Gasteiger partial charge in [0.05, 0.1) is 11.6 Å². The largest absolute Gasteiger partial charge is 0.493 e. The fourth-order valence-electron chi connectivity index (χ4n) is 6.10. The van der Waals surface area contributed by atoms with Gasteiger partial charge in [0.2, 0.25) is 0 Å². The summed E-state index contributed by atoms with van der Waals surface area (Å²) in [7, 11) is 0. The number of benzene rings is 3. The van der Waals surface area contributed by atoms with E-state index in [0.29, 0.717) is 10.6 Å². The van der Waals surface area contributed by atoms with Crippen LogP contribution >= 0.6 is 11.6 Å². The smallest absolute Gasteiger partial charge is 0.139 e.